The molecule has 0 aromatic carbocycles. The predicted octanol–water partition coefficient (Wildman–Crippen LogP) is 0.121. The maximum absolute atomic E-state index is 10.1. The van der Waals surface area contributed by atoms with Gasteiger partial charge >= 0.3 is 0 Å². The van der Waals surface area contributed by atoms with Crippen LogP contribution in [-0.2, 0) is 4.74 Å². The highest BCUT2D eigenvalue weighted by Crippen LogP contribution is 2.50. The number of likely N-dealkylation sites (tertiary alicyclic amines) is 1. The lowest BCUT2D eigenvalue weighted by molar-refractivity contribution is -0.148. The normalized spacial score (nSPS) is 46.5. The van der Waals surface area contributed by atoms with E-state index in [2.05, 4.69) is 13.8 Å². The van der Waals surface area contributed by atoms with Crippen molar-refractivity contribution in [1.29, 1.82) is 0 Å². The number of ether oxygens (including phenoxy) is 1. The molecule has 4 atom stereocenters. The average Bonchev–Trinajstić information content (AvgIpc) is 2.83. The van der Waals surface area contributed by atoms with Gasteiger partial charge in [-0.05, 0) is 57.3 Å². The number of rotatable bonds is 3. The van der Waals surface area contributed by atoms with Crippen LogP contribution in [0.5, 0.6) is 0 Å². The predicted molar refractivity (Wildman–Crippen MR) is 89.5 cm³/mol. The van der Waals surface area contributed by atoms with Crippen LogP contribution in [0.2, 0.25) is 0 Å². The Kier molecular flexibility index (Phi) is 5.27. The van der Waals surface area contributed by atoms with E-state index in [0.29, 0.717) is 17.9 Å². The SMILES string of the molecule is CC1(C)CC2(CCC(CN3C[C@H](O)[C@@H](O)[C@H](O)[C@@H]3CO)CC2)CO1. The molecule has 0 aromatic heterocycles. The zero-order chi connectivity index (χ0) is 17.5. The molecule has 1 spiro atoms. The van der Waals surface area contributed by atoms with Gasteiger partial charge in [0.2, 0.25) is 0 Å². The molecular formula is C18H33NO5. The molecule has 2 heterocycles. The topological polar surface area (TPSA) is 93.4 Å². The minimum Gasteiger partial charge on any atom is -0.395 e. The van der Waals surface area contributed by atoms with E-state index in [-0.39, 0.29) is 12.2 Å². The summed E-state index contributed by atoms with van der Waals surface area (Å²) < 4.78 is 5.96. The van der Waals surface area contributed by atoms with Crippen LogP contribution < -0.4 is 0 Å². The van der Waals surface area contributed by atoms with Crippen molar-refractivity contribution >= 4 is 0 Å². The van der Waals surface area contributed by atoms with Crippen LogP contribution in [0, 0.1) is 11.3 Å². The van der Waals surface area contributed by atoms with E-state index in [9.17, 15) is 20.4 Å². The lowest BCUT2D eigenvalue weighted by Crippen LogP contribution is -2.63. The van der Waals surface area contributed by atoms with Gasteiger partial charge in [-0.1, -0.05) is 0 Å². The van der Waals surface area contributed by atoms with E-state index >= 15 is 0 Å². The Morgan fingerprint density at radius 2 is 1.75 bits per heavy atom. The van der Waals surface area contributed by atoms with Gasteiger partial charge in [0.05, 0.1) is 31.0 Å². The summed E-state index contributed by atoms with van der Waals surface area (Å²) in [6, 6.07) is -0.493. The number of hydrogen-bond donors (Lipinski definition) is 4. The van der Waals surface area contributed by atoms with Crippen molar-refractivity contribution in [2.24, 2.45) is 11.3 Å². The van der Waals surface area contributed by atoms with Crippen LogP contribution in [0.15, 0.2) is 0 Å². The Labute approximate surface area is 144 Å². The quantitative estimate of drug-likeness (QED) is 0.582. The van der Waals surface area contributed by atoms with Crippen LogP contribution in [-0.4, -0.2) is 81.6 Å². The largest absolute Gasteiger partial charge is 0.395 e. The molecule has 0 amide bonds. The molecule has 1 aliphatic carbocycles. The molecule has 3 rings (SSSR count). The first-order chi connectivity index (χ1) is 11.3. The molecule has 0 radical (unpaired) electrons. The third kappa shape index (κ3) is 3.64. The smallest absolute Gasteiger partial charge is 0.109 e. The van der Waals surface area contributed by atoms with Crippen molar-refractivity contribution in [3.05, 3.63) is 0 Å². The molecule has 6 heteroatoms. The van der Waals surface area contributed by atoms with Gasteiger partial charge in [0, 0.05) is 13.1 Å². The number of hydrogen-bond acceptors (Lipinski definition) is 6. The van der Waals surface area contributed by atoms with Crippen LogP contribution in [0.25, 0.3) is 0 Å². The molecule has 140 valence electrons. The third-order valence-corrected chi connectivity index (χ3v) is 6.44. The third-order valence-electron chi connectivity index (χ3n) is 6.44. The first kappa shape index (κ1) is 18.5. The van der Waals surface area contributed by atoms with Crippen LogP contribution in [0.4, 0.5) is 0 Å². The summed E-state index contributed by atoms with van der Waals surface area (Å²) >= 11 is 0. The first-order valence-electron chi connectivity index (χ1n) is 9.28. The van der Waals surface area contributed by atoms with Gasteiger partial charge in [0.25, 0.3) is 0 Å². The molecule has 3 aliphatic rings. The summed E-state index contributed by atoms with van der Waals surface area (Å²) in [5, 5.41) is 39.4. The lowest BCUT2D eigenvalue weighted by Gasteiger charge is -2.45. The van der Waals surface area contributed by atoms with Crippen molar-refractivity contribution in [2.45, 2.75) is 75.9 Å². The number of aliphatic hydroxyl groups excluding tert-OH is 4. The molecule has 6 nitrogen and oxygen atoms in total. The Bertz CT molecular complexity index is 435. The van der Waals surface area contributed by atoms with Gasteiger partial charge < -0.3 is 25.2 Å². The van der Waals surface area contributed by atoms with E-state index in [1.165, 1.54) is 0 Å². The molecule has 1 saturated carbocycles. The maximum atomic E-state index is 10.1. The molecular weight excluding hydrogens is 310 g/mol. The second-order valence-electron chi connectivity index (χ2n) is 8.92. The van der Waals surface area contributed by atoms with Crippen molar-refractivity contribution in [3.63, 3.8) is 0 Å². The van der Waals surface area contributed by atoms with E-state index in [0.717, 1.165) is 45.3 Å². The average molecular weight is 343 g/mol. The second-order valence-corrected chi connectivity index (χ2v) is 8.92. The summed E-state index contributed by atoms with van der Waals surface area (Å²) in [5.74, 6) is 0.503. The van der Waals surface area contributed by atoms with Crippen molar-refractivity contribution in [1.82, 2.24) is 4.90 Å². The molecule has 2 saturated heterocycles. The summed E-state index contributed by atoms with van der Waals surface area (Å²) in [4.78, 5) is 1.96. The molecule has 24 heavy (non-hydrogen) atoms. The second kappa shape index (κ2) is 6.82. The summed E-state index contributed by atoms with van der Waals surface area (Å²) in [7, 11) is 0. The number of piperidine rings is 1. The van der Waals surface area contributed by atoms with Crippen molar-refractivity contribution in [3.8, 4) is 0 Å². The van der Waals surface area contributed by atoms with E-state index < -0.39 is 24.4 Å². The molecule has 0 aromatic rings. The van der Waals surface area contributed by atoms with Crippen molar-refractivity contribution < 1.29 is 25.2 Å². The molecule has 4 N–H and O–H groups in total. The molecule has 2 aliphatic heterocycles. The highest BCUT2D eigenvalue weighted by atomic mass is 16.5. The van der Waals surface area contributed by atoms with Gasteiger partial charge in [0.15, 0.2) is 0 Å². The summed E-state index contributed by atoms with van der Waals surface area (Å²) in [5.41, 5.74) is 0.319. The number of aliphatic hydroxyl groups is 4. The van der Waals surface area contributed by atoms with Crippen LogP contribution in [0.3, 0.4) is 0 Å². The van der Waals surface area contributed by atoms with Gasteiger partial charge in [0.1, 0.15) is 12.2 Å². The zero-order valence-electron chi connectivity index (χ0n) is 14.9. The Morgan fingerprint density at radius 1 is 1.08 bits per heavy atom. The van der Waals surface area contributed by atoms with E-state index in [4.69, 9.17) is 4.74 Å². The maximum Gasteiger partial charge on any atom is 0.109 e. The minimum atomic E-state index is -1.18. The number of nitrogens with zero attached hydrogens (tertiary/aromatic N) is 1. The first-order valence-corrected chi connectivity index (χ1v) is 9.28. The molecule has 0 unspecified atom stereocenters. The molecule has 3 fully saturated rings. The van der Waals surface area contributed by atoms with Gasteiger partial charge in [-0.15, -0.1) is 0 Å². The monoisotopic (exact) mass is 343 g/mol. The van der Waals surface area contributed by atoms with Crippen LogP contribution in [0.1, 0.15) is 46.0 Å². The fourth-order valence-electron chi connectivity index (χ4n) is 5.07. The number of β-amino-alcohol motifs (C(OH)–C–C–N with tert-alkyl or cyclic N) is 1. The van der Waals surface area contributed by atoms with E-state index in [1.807, 2.05) is 4.90 Å². The minimum absolute atomic E-state index is 0.00789. The standard InChI is InChI=1S/C18H33NO5/c1-17(2)10-18(11-24-17)5-3-12(4-6-18)7-19-8-14(21)16(23)15(22)13(19)9-20/h12-16,20-23H,3-11H2,1-2H3/t12?,13-,14-,15+,16+,18?/m0/s1. The van der Waals surface area contributed by atoms with Gasteiger partial charge in [-0.25, -0.2) is 0 Å². The fraction of sp³-hybridized carbons (Fsp3) is 1.00. The Balaban J connectivity index is 1.56. The molecule has 0 bridgehead atoms. The zero-order valence-corrected chi connectivity index (χ0v) is 14.9. The summed E-state index contributed by atoms with van der Waals surface area (Å²) in [6.07, 6.45) is 2.44. The Morgan fingerprint density at radius 3 is 2.29 bits per heavy atom. The van der Waals surface area contributed by atoms with Crippen LogP contribution >= 0.6 is 0 Å². The van der Waals surface area contributed by atoms with Crippen molar-refractivity contribution in [2.75, 3.05) is 26.3 Å². The highest BCUT2D eigenvalue weighted by molar-refractivity contribution is 4.98. The van der Waals surface area contributed by atoms with Gasteiger partial charge in [-0.3, -0.25) is 4.90 Å². The fourth-order valence-corrected chi connectivity index (χ4v) is 5.07. The highest BCUT2D eigenvalue weighted by Gasteiger charge is 2.47. The van der Waals surface area contributed by atoms with E-state index in [1.54, 1.807) is 0 Å². The Hall–Kier alpha value is -0.240. The summed E-state index contributed by atoms with van der Waals surface area (Å²) in [6.45, 7) is 6.06. The lowest BCUT2D eigenvalue weighted by atomic mass is 9.68. The van der Waals surface area contributed by atoms with Gasteiger partial charge in [-0.2, -0.15) is 0 Å².